The van der Waals surface area contributed by atoms with E-state index in [0.717, 1.165) is 16.4 Å². The number of hydrogen-bond acceptors (Lipinski definition) is 1. The smallest absolute Gasteiger partial charge is 0.119 e. The molecule has 66 valence electrons. The first-order valence-corrected chi connectivity index (χ1v) is 5.94. The van der Waals surface area contributed by atoms with Crippen molar-refractivity contribution < 1.29 is 4.74 Å². The van der Waals surface area contributed by atoms with Crippen molar-refractivity contribution in [2.24, 2.45) is 0 Å². The Morgan fingerprint density at radius 3 is 2.17 bits per heavy atom. The molecule has 0 aliphatic rings. The number of benzene rings is 1. The standard InChI is InChI=1S/C9H10Br2O/c10-6-9(7-11)12-8-4-2-1-3-5-8/h1-5,9H,6-7H2. The van der Waals surface area contributed by atoms with E-state index in [9.17, 15) is 0 Å². The van der Waals surface area contributed by atoms with Crippen LogP contribution in [0.5, 0.6) is 5.75 Å². The van der Waals surface area contributed by atoms with E-state index in [1.807, 2.05) is 30.3 Å². The summed E-state index contributed by atoms with van der Waals surface area (Å²) in [5.74, 6) is 0.918. The monoisotopic (exact) mass is 292 g/mol. The third kappa shape index (κ3) is 3.15. The highest BCUT2D eigenvalue weighted by molar-refractivity contribution is 9.09. The maximum Gasteiger partial charge on any atom is 0.119 e. The average Bonchev–Trinajstić information content (AvgIpc) is 2.16. The zero-order chi connectivity index (χ0) is 8.81. The minimum atomic E-state index is 0.201. The molecular formula is C9H10Br2O. The Morgan fingerprint density at radius 2 is 1.67 bits per heavy atom. The molecule has 1 rings (SSSR count). The minimum Gasteiger partial charge on any atom is -0.489 e. The molecule has 0 aromatic heterocycles. The zero-order valence-corrected chi connectivity index (χ0v) is 9.71. The molecule has 0 spiro atoms. The zero-order valence-electron chi connectivity index (χ0n) is 6.54. The number of hydrogen-bond donors (Lipinski definition) is 0. The normalized spacial score (nSPS) is 10.2. The van der Waals surface area contributed by atoms with Gasteiger partial charge < -0.3 is 4.74 Å². The Morgan fingerprint density at radius 1 is 1.08 bits per heavy atom. The topological polar surface area (TPSA) is 9.23 Å². The van der Waals surface area contributed by atoms with Gasteiger partial charge in [-0.05, 0) is 12.1 Å². The van der Waals surface area contributed by atoms with Crippen molar-refractivity contribution in [1.29, 1.82) is 0 Å². The Hall–Kier alpha value is -0.0200. The van der Waals surface area contributed by atoms with E-state index in [-0.39, 0.29) is 6.10 Å². The number of rotatable bonds is 4. The maximum atomic E-state index is 5.62. The van der Waals surface area contributed by atoms with Gasteiger partial charge in [0.05, 0.1) is 0 Å². The van der Waals surface area contributed by atoms with Crippen LogP contribution in [0.2, 0.25) is 0 Å². The van der Waals surface area contributed by atoms with Gasteiger partial charge in [-0.25, -0.2) is 0 Å². The van der Waals surface area contributed by atoms with Gasteiger partial charge in [-0.15, -0.1) is 0 Å². The predicted molar refractivity (Wildman–Crippen MR) is 58.4 cm³/mol. The summed E-state index contributed by atoms with van der Waals surface area (Å²) in [7, 11) is 0. The number of para-hydroxylation sites is 1. The van der Waals surface area contributed by atoms with E-state index in [1.54, 1.807) is 0 Å². The van der Waals surface area contributed by atoms with Gasteiger partial charge in [0.2, 0.25) is 0 Å². The molecule has 1 aromatic rings. The van der Waals surface area contributed by atoms with Crippen LogP contribution in [0.15, 0.2) is 30.3 Å². The predicted octanol–water partition coefficient (Wildman–Crippen LogP) is 3.22. The highest BCUT2D eigenvalue weighted by atomic mass is 79.9. The van der Waals surface area contributed by atoms with Crippen LogP contribution in [-0.2, 0) is 0 Å². The molecule has 1 nitrogen and oxygen atoms in total. The Kier molecular flexibility index (Phi) is 4.69. The van der Waals surface area contributed by atoms with Crippen LogP contribution < -0.4 is 4.74 Å². The molecule has 0 aliphatic heterocycles. The van der Waals surface area contributed by atoms with Crippen LogP contribution in [0.3, 0.4) is 0 Å². The minimum absolute atomic E-state index is 0.201. The molecule has 0 atom stereocenters. The van der Waals surface area contributed by atoms with Gasteiger partial charge in [0.25, 0.3) is 0 Å². The number of ether oxygens (including phenoxy) is 1. The van der Waals surface area contributed by atoms with E-state index in [4.69, 9.17) is 4.74 Å². The van der Waals surface area contributed by atoms with Crippen molar-refractivity contribution in [2.75, 3.05) is 10.7 Å². The second-order valence-corrected chi connectivity index (χ2v) is 3.66. The van der Waals surface area contributed by atoms with Crippen molar-refractivity contribution in [1.82, 2.24) is 0 Å². The van der Waals surface area contributed by atoms with Crippen molar-refractivity contribution in [3.05, 3.63) is 30.3 Å². The molecule has 0 radical (unpaired) electrons. The molecule has 0 bridgehead atoms. The summed E-state index contributed by atoms with van der Waals surface area (Å²) in [6, 6.07) is 9.82. The quantitative estimate of drug-likeness (QED) is 0.775. The fourth-order valence-electron chi connectivity index (χ4n) is 0.796. The summed E-state index contributed by atoms with van der Waals surface area (Å²) >= 11 is 6.76. The van der Waals surface area contributed by atoms with Gasteiger partial charge in [-0.2, -0.15) is 0 Å². The molecule has 0 saturated heterocycles. The first-order valence-electron chi connectivity index (χ1n) is 3.70. The summed E-state index contributed by atoms with van der Waals surface area (Å²) in [6.45, 7) is 0. The lowest BCUT2D eigenvalue weighted by Crippen LogP contribution is -2.19. The van der Waals surface area contributed by atoms with Crippen LogP contribution in [0.25, 0.3) is 0 Å². The maximum absolute atomic E-state index is 5.62. The summed E-state index contributed by atoms with van der Waals surface area (Å²) in [4.78, 5) is 0. The van der Waals surface area contributed by atoms with E-state index in [0.29, 0.717) is 0 Å². The molecule has 0 heterocycles. The molecule has 0 fully saturated rings. The lowest BCUT2D eigenvalue weighted by Gasteiger charge is -2.13. The fraction of sp³-hybridized carbons (Fsp3) is 0.333. The van der Waals surface area contributed by atoms with Gasteiger partial charge in [-0.3, -0.25) is 0 Å². The first kappa shape index (κ1) is 10.1. The summed E-state index contributed by atoms with van der Waals surface area (Å²) < 4.78 is 5.62. The lowest BCUT2D eigenvalue weighted by atomic mass is 10.3. The third-order valence-electron chi connectivity index (χ3n) is 1.39. The Balaban J connectivity index is 2.51. The van der Waals surface area contributed by atoms with Gasteiger partial charge in [0.1, 0.15) is 11.9 Å². The Bertz CT molecular complexity index is 209. The van der Waals surface area contributed by atoms with Crippen molar-refractivity contribution in [3.8, 4) is 5.75 Å². The third-order valence-corrected chi connectivity index (χ3v) is 2.83. The van der Waals surface area contributed by atoms with Gasteiger partial charge in [0.15, 0.2) is 0 Å². The van der Waals surface area contributed by atoms with E-state index < -0.39 is 0 Å². The van der Waals surface area contributed by atoms with E-state index in [1.165, 1.54) is 0 Å². The Labute approximate surface area is 89.4 Å². The van der Waals surface area contributed by atoms with Gasteiger partial charge >= 0.3 is 0 Å². The molecular weight excluding hydrogens is 284 g/mol. The molecule has 0 saturated carbocycles. The first-order chi connectivity index (χ1) is 5.86. The molecule has 0 N–H and O–H groups in total. The van der Waals surface area contributed by atoms with Crippen LogP contribution in [-0.4, -0.2) is 16.8 Å². The summed E-state index contributed by atoms with van der Waals surface area (Å²) in [5, 5.41) is 1.68. The second kappa shape index (κ2) is 5.60. The highest BCUT2D eigenvalue weighted by Crippen LogP contribution is 2.12. The van der Waals surface area contributed by atoms with Crippen LogP contribution in [0.1, 0.15) is 0 Å². The molecule has 3 heteroatoms. The van der Waals surface area contributed by atoms with Crippen LogP contribution in [0.4, 0.5) is 0 Å². The van der Waals surface area contributed by atoms with Crippen molar-refractivity contribution in [2.45, 2.75) is 6.10 Å². The largest absolute Gasteiger partial charge is 0.489 e. The molecule has 0 amide bonds. The number of alkyl halides is 2. The van der Waals surface area contributed by atoms with E-state index in [2.05, 4.69) is 31.9 Å². The van der Waals surface area contributed by atoms with Crippen molar-refractivity contribution in [3.63, 3.8) is 0 Å². The summed E-state index contributed by atoms with van der Waals surface area (Å²) in [6.07, 6.45) is 0.201. The highest BCUT2D eigenvalue weighted by Gasteiger charge is 2.05. The van der Waals surface area contributed by atoms with Gasteiger partial charge in [0, 0.05) is 10.7 Å². The van der Waals surface area contributed by atoms with Gasteiger partial charge in [-0.1, -0.05) is 50.1 Å². The fourth-order valence-corrected chi connectivity index (χ4v) is 2.13. The molecule has 12 heavy (non-hydrogen) atoms. The van der Waals surface area contributed by atoms with Crippen LogP contribution >= 0.6 is 31.9 Å². The summed E-state index contributed by atoms with van der Waals surface area (Å²) in [5.41, 5.74) is 0. The second-order valence-electron chi connectivity index (χ2n) is 2.36. The molecule has 0 unspecified atom stereocenters. The average molecular weight is 294 g/mol. The van der Waals surface area contributed by atoms with Crippen molar-refractivity contribution >= 4 is 31.9 Å². The SMILES string of the molecule is BrCC(CBr)Oc1ccccc1. The lowest BCUT2D eigenvalue weighted by molar-refractivity contribution is 0.254. The van der Waals surface area contributed by atoms with Crippen LogP contribution in [0, 0.1) is 0 Å². The molecule has 1 aromatic carbocycles. The van der Waals surface area contributed by atoms with E-state index >= 15 is 0 Å². The number of halogens is 2. The molecule has 0 aliphatic carbocycles.